The second kappa shape index (κ2) is 8.40. The Morgan fingerprint density at radius 2 is 1.92 bits per heavy atom. The fourth-order valence-electron chi connectivity index (χ4n) is 2.10. The molecule has 0 saturated heterocycles. The van der Waals surface area contributed by atoms with E-state index < -0.39 is 23.3 Å². The molecule has 0 saturated carbocycles. The zero-order valence-corrected chi connectivity index (χ0v) is 13.1. The number of halogens is 1. The van der Waals surface area contributed by atoms with Gasteiger partial charge in [-0.2, -0.15) is 5.26 Å². The number of hydrogen-bond acceptors (Lipinski definition) is 5. The molecule has 0 aliphatic carbocycles. The Labute approximate surface area is 143 Å². The van der Waals surface area contributed by atoms with Gasteiger partial charge in [-0.15, -0.1) is 0 Å². The highest BCUT2D eigenvalue weighted by atomic mass is 19.1. The van der Waals surface area contributed by atoms with Crippen LogP contribution in [0.3, 0.4) is 0 Å². The molecule has 0 N–H and O–H groups in total. The molecule has 0 aliphatic rings. The third kappa shape index (κ3) is 4.75. The van der Waals surface area contributed by atoms with Gasteiger partial charge in [0.15, 0.2) is 6.61 Å². The quantitative estimate of drug-likeness (QED) is 0.568. The SMILES string of the molecule is N#CCCN(C(=O)COc1ccc([N+](=O)[O-])cc1)c1ccccc1F. The van der Waals surface area contributed by atoms with Gasteiger partial charge in [0.05, 0.1) is 23.1 Å². The second-order valence-electron chi connectivity index (χ2n) is 4.94. The minimum absolute atomic E-state index is 0.0277. The molecule has 0 atom stereocenters. The van der Waals surface area contributed by atoms with Gasteiger partial charge in [0.2, 0.25) is 0 Å². The minimum atomic E-state index is -0.580. The van der Waals surface area contributed by atoms with E-state index >= 15 is 0 Å². The molecule has 0 bridgehead atoms. The normalized spacial score (nSPS) is 9.92. The Morgan fingerprint density at radius 3 is 2.52 bits per heavy atom. The van der Waals surface area contributed by atoms with Crippen LogP contribution in [-0.2, 0) is 4.79 Å². The number of rotatable bonds is 7. The lowest BCUT2D eigenvalue weighted by Gasteiger charge is -2.22. The molecule has 0 fully saturated rings. The average Bonchev–Trinajstić information content (AvgIpc) is 2.62. The van der Waals surface area contributed by atoms with E-state index in [0.29, 0.717) is 0 Å². The standard InChI is InChI=1S/C17H14FN3O4/c18-15-4-1-2-5-16(15)20(11-3-10-19)17(22)12-25-14-8-6-13(7-9-14)21(23)24/h1-2,4-9H,3,11-12H2. The number of nitrogens with zero attached hydrogens (tertiary/aromatic N) is 3. The number of hydrogen-bond donors (Lipinski definition) is 0. The molecule has 0 aliphatic heterocycles. The summed E-state index contributed by atoms with van der Waals surface area (Å²) in [4.78, 5) is 23.6. The Balaban J connectivity index is 2.08. The molecule has 0 heterocycles. The zero-order chi connectivity index (χ0) is 18.2. The number of anilines is 1. The number of nitriles is 1. The van der Waals surface area contributed by atoms with Crippen LogP contribution in [-0.4, -0.2) is 24.0 Å². The van der Waals surface area contributed by atoms with Crippen molar-refractivity contribution >= 4 is 17.3 Å². The highest BCUT2D eigenvalue weighted by molar-refractivity contribution is 5.94. The van der Waals surface area contributed by atoms with Crippen molar-refractivity contribution in [2.24, 2.45) is 0 Å². The summed E-state index contributed by atoms with van der Waals surface area (Å²) < 4.78 is 19.2. The fraction of sp³-hybridized carbons (Fsp3) is 0.176. The first-order valence-corrected chi connectivity index (χ1v) is 7.32. The van der Waals surface area contributed by atoms with Gasteiger partial charge in [-0.05, 0) is 24.3 Å². The maximum atomic E-state index is 13.9. The Morgan fingerprint density at radius 1 is 1.24 bits per heavy atom. The van der Waals surface area contributed by atoms with Crippen LogP contribution in [0.1, 0.15) is 6.42 Å². The molecule has 0 spiro atoms. The third-order valence-corrected chi connectivity index (χ3v) is 3.30. The summed E-state index contributed by atoms with van der Waals surface area (Å²) in [6.07, 6.45) is 0.0393. The van der Waals surface area contributed by atoms with Crippen LogP contribution >= 0.6 is 0 Å². The summed E-state index contributed by atoms with van der Waals surface area (Å²) in [6.45, 7) is -0.364. The van der Waals surface area contributed by atoms with E-state index in [-0.39, 0.29) is 30.1 Å². The zero-order valence-electron chi connectivity index (χ0n) is 13.1. The van der Waals surface area contributed by atoms with E-state index in [2.05, 4.69) is 0 Å². The van der Waals surface area contributed by atoms with Crippen molar-refractivity contribution in [3.63, 3.8) is 0 Å². The maximum Gasteiger partial charge on any atom is 0.269 e. The van der Waals surface area contributed by atoms with Crippen LogP contribution in [0.25, 0.3) is 0 Å². The minimum Gasteiger partial charge on any atom is -0.484 e. The number of carbonyl (C=O) groups excluding carboxylic acids is 1. The molecule has 25 heavy (non-hydrogen) atoms. The molecule has 1 amide bonds. The van der Waals surface area contributed by atoms with Crippen LogP contribution in [0.2, 0.25) is 0 Å². The van der Waals surface area contributed by atoms with Crippen LogP contribution in [0.5, 0.6) is 5.75 Å². The molecule has 0 radical (unpaired) electrons. The summed E-state index contributed by atoms with van der Waals surface area (Å²) in [5, 5.41) is 19.3. The number of nitro groups is 1. The Hall–Kier alpha value is -3.47. The van der Waals surface area contributed by atoms with Crippen molar-refractivity contribution in [1.82, 2.24) is 0 Å². The van der Waals surface area contributed by atoms with Crippen molar-refractivity contribution in [2.75, 3.05) is 18.1 Å². The van der Waals surface area contributed by atoms with E-state index in [1.54, 1.807) is 6.07 Å². The van der Waals surface area contributed by atoms with Crippen LogP contribution in [0, 0.1) is 27.3 Å². The molecule has 2 aromatic carbocycles. The average molecular weight is 343 g/mol. The topological polar surface area (TPSA) is 96.5 Å². The lowest BCUT2D eigenvalue weighted by Crippen LogP contribution is -2.36. The van der Waals surface area contributed by atoms with Gasteiger partial charge < -0.3 is 9.64 Å². The van der Waals surface area contributed by atoms with E-state index in [4.69, 9.17) is 10.00 Å². The highest BCUT2D eigenvalue weighted by Gasteiger charge is 2.19. The summed E-state index contributed by atoms with van der Waals surface area (Å²) in [5.74, 6) is -0.837. The van der Waals surface area contributed by atoms with Gasteiger partial charge in [-0.1, -0.05) is 12.1 Å². The molecule has 2 rings (SSSR count). The summed E-state index contributed by atoms with van der Waals surface area (Å²) in [5.41, 5.74) is -0.0317. The first-order chi connectivity index (χ1) is 12.0. The number of benzene rings is 2. The lowest BCUT2D eigenvalue weighted by atomic mass is 10.2. The predicted octanol–water partition coefficient (Wildman–Crippen LogP) is 3.06. The molecule has 0 unspecified atom stereocenters. The smallest absolute Gasteiger partial charge is 0.269 e. The van der Waals surface area contributed by atoms with Crippen LogP contribution in [0.4, 0.5) is 15.8 Å². The summed E-state index contributed by atoms with van der Waals surface area (Å²) in [6, 6.07) is 12.9. The number of para-hydroxylation sites is 1. The molecule has 128 valence electrons. The van der Waals surface area contributed by atoms with Crippen LogP contribution < -0.4 is 9.64 Å². The highest BCUT2D eigenvalue weighted by Crippen LogP contribution is 2.20. The Kier molecular flexibility index (Phi) is 6.01. The maximum absolute atomic E-state index is 13.9. The fourth-order valence-corrected chi connectivity index (χ4v) is 2.10. The van der Waals surface area contributed by atoms with Gasteiger partial charge in [-0.25, -0.2) is 4.39 Å². The van der Waals surface area contributed by atoms with Gasteiger partial charge in [0.1, 0.15) is 11.6 Å². The van der Waals surface area contributed by atoms with Crippen molar-refractivity contribution < 1.29 is 18.8 Å². The van der Waals surface area contributed by atoms with Gasteiger partial charge >= 0.3 is 0 Å². The summed E-state index contributed by atoms with van der Waals surface area (Å²) in [7, 11) is 0. The van der Waals surface area contributed by atoms with E-state index in [1.807, 2.05) is 6.07 Å². The van der Waals surface area contributed by atoms with E-state index in [9.17, 15) is 19.3 Å². The second-order valence-corrected chi connectivity index (χ2v) is 4.94. The molecule has 0 aromatic heterocycles. The van der Waals surface area contributed by atoms with Gasteiger partial charge in [-0.3, -0.25) is 14.9 Å². The number of non-ortho nitro benzene ring substituents is 1. The van der Waals surface area contributed by atoms with Crippen LogP contribution in [0.15, 0.2) is 48.5 Å². The van der Waals surface area contributed by atoms with Crippen molar-refractivity contribution in [3.8, 4) is 11.8 Å². The van der Waals surface area contributed by atoms with Crippen molar-refractivity contribution in [2.45, 2.75) is 6.42 Å². The van der Waals surface area contributed by atoms with Gasteiger partial charge in [0.25, 0.3) is 11.6 Å². The number of nitro benzene ring substituents is 1. The van der Waals surface area contributed by atoms with E-state index in [0.717, 1.165) is 4.90 Å². The third-order valence-electron chi connectivity index (χ3n) is 3.30. The van der Waals surface area contributed by atoms with Crippen molar-refractivity contribution in [1.29, 1.82) is 5.26 Å². The molecular formula is C17H14FN3O4. The van der Waals surface area contributed by atoms with Gasteiger partial charge in [0, 0.05) is 18.7 Å². The number of amides is 1. The first kappa shape index (κ1) is 17.9. The molecule has 7 nitrogen and oxygen atoms in total. The lowest BCUT2D eigenvalue weighted by molar-refractivity contribution is -0.384. The molecule has 8 heteroatoms. The summed E-state index contributed by atoms with van der Waals surface area (Å²) >= 11 is 0. The molecule has 2 aromatic rings. The molecular weight excluding hydrogens is 329 g/mol. The largest absolute Gasteiger partial charge is 0.484 e. The predicted molar refractivity (Wildman–Crippen MR) is 87.6 cm³/mol. The van der Waals surface area contributed by atoms with E-state index in [1.165, 1.54) is 42.5 Å². The first-order valence-electron chi connectivity index (χ1n) is 7.32. The van der Waals surface area contributed by atoms with Crippen molar-refractivity contribution in [3.05, 3.63) is 64.5 Å². The monoisotopic (exact) mass is 343 g/mol. The number of carbonyl (C=O) groups is 1. The number of ether oxygens (including phenoxy) is 1. The Bertz CT molecular complexity index is 802.